The second-order valence-electron chi connectivity index (χ2n) is 3.29. The van der Waals surface area contributed by atoms with Gasteiger partial charge in [-0.15, -0.1) is 0 Å². The van der Waals surface area contributed by atoms with Gasteiger partial charge in [-0.05, 0) is 6.92 Å². The number of nitrogens with zero attached hydrogens (tertiary/aromatic N) is 3. The third-order valence-electron chi connectivity index (χ3n) is 2.02. The fourth-order valence-corrected chi connectivity index (χ4v) is 1.27. The van der Waals surface area contributed by atoms with E-state index in [1.807, 2.05) is 13.1 Å². The third-order valence-corrected chi connectivity index (χ3v) is 2.02. The Kier molecular flexibility index (Phi) is 2.92. The highest BCUT2D eigenvalue weighted by Crippen LogP contribution is 1.94. The minimum atomic E-state index is 0.750. The van der Waals surface area contributed by atoms with Crippen molar-refractivity contribution in [3.05, 3.63) is 35.9 Å². The highest BCUT2D eigenvalue weighted by molar-refractivity contribution is 5.76. The maximum atomic E-state index is 4.29. The largest absolute Gasteiger partial charge is 0.348 e. The fourth-order valence-electron chi connectivity index (χ4n) is 1.27. The number of imidazole rings is 2. The zero-order valence-electron chi connectivity index (χ0n) is 8.57. The quantitative estimate of drug-likeness (QED) is 0.730. The van der Waals surface area contributed by atoms with Crippen LogP contribution in [0.4, 0.5) is 0 Å². The minimum absolute atomic E-state index is 0.750. The molecule has 0 unspecified atom stereocenters. The molecular formula is C10H13N5. The van der Waals surface area contributed by atoms with Crippen LogP contribution in [-0.4, -0.2) is 32.7 Å². The van der Waals surface area contributed by atoms with Crippen LogP contribution in [0.5, 0.6) is 0 Å². The number of aliphatic imine (C=N–C) groups is 1. The van der Waals surface area contributed by atoms with E-state index in [1.165, 1.54) is 0 Å². The van der Waals surface area contributed by atoms with E-state index in [9.17, 15) is 0 Å². The van der Waals surface area contributed by atoms with Crippen molar-refractivity contribution in [1.29, 1.82) is 0 Å². The molecule has 2 aromatic rings. The molecule has 0 atom stereocenters. The van der Waals surface area contributed by atoms with E-state index < -0.39 is 0 Å². The van der Waals surface area contributed by atoms with Gasteiger partial charge in [0.2, 0.25) is 0 Å². The summed E-state index contributed by atoms with van der Waals surface area (Å²) in [6.45, 7) is 2.67. The van der Waals surface area contributed by atoms with Gasteiger partial charge < -0.3 is 9.97 Å². The normalized spacial score (nSPS) is 11.3. The second-order valence-corrected chi connectivity index (χ2v) is 3.29. The Morgan fingerprint density at radius 3 is 3.07 bits per heavy atom. The van der Waals surface area contributed by atoms with Gasteiger partial charge in [0, 0.05) is 31.1 Å². The van der Waals surface area contributed by atoms with Gasteiger partial charge in [0.15, 0.2) is 0 Å². The van der Waals surface area contributed by atoms with Gasteiger partial charge in [-0.2, -0.15) is 0 Å². The Hall–Kier alpha value is -1.91. The van der Waals surface area contributed by atoms with Crippen LogP contribution in [0, 0.1) is 6.92 Å². The van der Waals surface area contributed by atoms with Gasteiger partial charge in [0.1, 0.15) is 5.82 Å². The SMILES string of the molecule is Cc1ncc(C=NCCc2cnc[nH]2)[nH]1. The van der Waals surface area contributed by atoms with Crippen LogP contribution in [0.2, 0.25) is 0 Å². The molecule has 0 spiro atoms. The fraction of sp³-hybridized carbons (Fsp3) is 0.300. The van der Waals surface area contributed by atoms with Gasteiger partial charge in [0.05, 0.1) is 18.2 Å². The second kappa shape index (κ2) is 4.54. The van der Waals surface area contributed by atoms with Crippen molar-refractivity contribution in [2.24, 2.45) is 4.99 Å². The molecule has 0 amide bonds. The average Bonchev–Trinajstić information content (AvgIpc) is 2.84. The molecule has 0 aliphatic carbocycles. The molecule has 0 bridgehead atoms. The molecule has 15 heavy (non-hydrogen) atoms. The van der Waals surface area contributed by atoms with Crippen molar-refractivity contribution in [1.82, 2.24) is 19.9 Å². The number of H-pyrrole nitrogens is 2. The average molecular weight is 203 g/mol. The number of aromatic amines is 2. The molecule has 0 radical (unpaired) electrons. The summed E-state index contributed by atoms with van der Waals surface area (Å²) < 4.78 is 0. The molecule has 0 fully saturated rings. The van der Waals surface area contributed by atoms with Crippen LogP contribution in [-0.2, 0) is 6.42 Å². The highest BCUT2D eigenvalue weighted by atomic mass is 14.9. The van der Waals surface area contributed by atoms with Crippen LogP contribution in [0.25, 0.3) is 0 Å². The van der Waals surface area contributed by atoms with E-state index in [1.54, 1.807) is 18.7 Å². The number of rotatable bonds is 4. The van der Waals surface area contributed by atoms with E-state index in [-0.39, 0.29) is 0 Å². The molecule has 0 saturated heterocycles. The smallest absolute Gasteiger partial charge is 0.103 e. The maximum absolute atomic E-state index is 4.29. The summed E-state index contributed by atoms with van der Waals surface area (Å²) in [6.07, 6.45) is 7.95. The van der Waals surface area contributed by atoms with Crippen molar-refractivity contribution < 1.29 is 0 Å². The van der Waals surface area contributed by atoms with Crippen LogP contribution in [0.3, 0.4) is 0 Å². The first-order valence-corrected chi connectivity index (χ1v) is 4.83. The molecule has 2 N–H and O–H groups in total. The Bertz CT molecular complexity index is 426. The van der Waals surface area contributed by atoms with Crippen LogP contribution < -0.4 is 0 Å². The van der Waals surface area contributed by atoms with Crippen LogP contribution in [0.15, 0.2) is 23.7 Å². The molecule has 5 heteroatoms. The number of aryl methyl sites for hydroxylation is 1. The maximum Gasteiger partial charge on any atom is 0.103 e. The Morgan fingerprint density at radius 1 is 1.47 bits per heavy atom. The van der Waals surface area contributed by atoms with Crippen molar-refractivity contribution in [2.45, 2.75) is 13.3 Å². The van der Waals surface area contributed by atoms with E-state index in [0.29, 0.717) is 0 Å². The van der Waals surface area contributed by atoms with Crippen LogP contribution in [0.1, 0.15) is 17.2 Å². The molecular weight excluding hydrogens is 190 g/mol. The molecule has 0 saturated carbocycles. The van der Waals surface area contributed by atoms with E-state index in [0.717, 1.165) is 30.2 Å². The topological polar surface area (TPSA) is 69.7 Å². The minimum Gasteiger partial charge on any atom is -0.348 e. The van der Waals surface area contributed by atoms with Gasteiger partial charge in [0.25, 0.3) is 0 Å². The van der Waals surface area contributed by atoms with Crippen molar-refractivity contribution in [3.63, 3.8) is 0 Å². The lowest BCUT2D eigenvalue weighted by Gasteiger charge is -1.90. The van der Waals surface area contributed by atoms with Crippen molar-refractivity contribution >= 4 is 6.21 Å². The van der Waals surface area contributed by atoms with Gasteiger partial charge in [-0.3, -0.25) is 4.99 Å². The zero-order chi connectivity index (χ0) is 10.5. The standard InChI is InChI=1S/C10H13N5/c1-8-13-6-10(15-8)5-11-3-2-9-4-12-7-14-9/h4-7H,2-3H2,1H3,(H,12,14)(H,13,15). The zero-order valence-corrected chi connectivity index (χ0v) is 8.57. The summed E-state index contributed by atoms with van der Waals surface area (Å²) in [5.74, 6) is 0.907. The lowest BCUT2D eigenvalue weighted by Crippen LogP contribution is -1.90. The van der Waals surface area contributed by atoms with E-state index in [4.69, 9.17) is 0 Å². The van der Waals surface area contributed by atoms with E-state index >= 15 is 0 Å². The first-order chi connectivity index (χ1) is 7.34. The summed E-state index contributed by atoms with van der Waals surface area (Å²) in [5, 5.41) is 0. The molecule has 0 aliphatic heterocycles. The number of hydrogen-bond donors (Lipinski definition) is 2. The molecule has 0 aromatic carbocycles. The number of nitrogens with one attached hydrogen (secondary N) is 2. The molecule has 5 nitrogen and oxygen atoms in total. The van der Waals surface area contributed by atoms with Gasteiger partial charge >= 0.3 is 0 Å². The van der Waals surface area contributed by atoms with Gasteiger partial charge in [-0.25, -0.2) is 9.97 Å². The summed E-state index contributed by atoms with van der Waals surface area (Å²) in [6, 6.07) is 0. The number of aromatic nitrogens is 4. The third kappa shape index (κ3) is 2.77. The first-order valence-electron chi connectivity index (χ1n) is 4.83. The first kappa shape index (κ1) is 9.64. The van der Waals surface area contributed by atoms with Gasteiger partial charge in [-0.1, -0.05) is 0 Å². The summed E-state index contributed by atoms with van der Waals surface area (Å²) in [5.41, 5.74) is 2.05. The van der Waals surface area contributed by atoms with Crippen molar-refractivity contribution in [2.75, 3.05) is 6.54 Å². The number of hydrogen-bond acceptors (Lipinski definition) is 3. The lowest BCUT2D eigenvalue weighted by molar-refractivity contribution is 0.938. The predicted molar refractivity (Wildman–Crippen MR) is 58.1 cm³/mol. The predicted octanol–water partition coefficient (Wildman–Crippen LogP) is 1.10. The van der Waals surface area contributed by atoms with Crippen molar-refractivity contribution in [3.8, 4) is 0 Å². The molecule has 78 valence electrons. The highest BCUT2D eigenvalue weighted by Gasteiger charge is 1.93. The Balaban J connectivity index is 1.81. The monoisotopic (exact) mass is 203 g/mol. The lowest BCUT2D eigenvalue weighted by atomic mass is 10.3. The summed E-state index contributed by atoms with van der Waals surface area (Å²) >= 11 is 0. The molecule has 0 aliphatic rings. The molecule has 2 rings (SSSR count). The molecule has 2 heterocycles. The summed E-state index contributed by atoms with van der Waals surface area (Å²) in [4.78, 5) is 18.4. The molecule has 2 aromatic heterocycles. The summed E-state index contributed by atoms with van der Waals surface area (Å²) in [7, 11) is 0. The Morgan fingerprint density at radius 2 is 2.40 bits per heavy atom. The Labute approximate surface area is 87.7 Å². The van der Waals surface area contributed by atoms with E-state index in [2.05, 4.69) is 24.9 Å². The van der Waals surface area contributed by atoms with Crippen LogP contribution >= 0.6 is 0 Å².